The number of rotatable bonds is 9. The molecule has 6 nitrogen and oxygen atoms in total. The van der Waals surface area contributed by atoms with E-state index in [1.165, 1.54) is 0 Å². The van der Waals surface area contributed by atoms with Crippen LogP contribution >= 0.6 is 0 Å². The number of hydrogen-bond acceptors (Lipinski definition) is 4. The third-order valence-electron chi connectivity index (χ3n) is 12.8. The second-order valence-corrected chi connectivity index (χ2v) is 20.5. The van der Waals surface area contributed by atoms with Gasteiger partial charge in [-0.1, -0.05) is 48.5 Å². The molecule has 8 aromatic carbocycles. The van der Waals surface area contributed by atoms with E-state index in [0.717, 1.165) is 59.6 Å². The second kappa shape index (κ2) is 18.1. The van der Waals surface area contributed by atoms with Crippen molar-refractivity contribution in [1.82, 2.24) is 14.1 Å². The molecule has 346 valence electrons. The van der Waals surface area contributed by atoms with Crippen molar-refractivity contribution in [3.63, 3.8) is 0 Å². The van der Waals surface area contributed by atoms with Gasteiger partial charge in [-0.25, -0.2) is 0 Å². The van der Waals surface area contributed by atoms with Gasteiger partial charge in [0.15, 0.2) is 0 Å². The molecule has 0 saturated carbocycles. The average molecular weight is 1090 g/mol. The van der Waals surface area contributed by atoms with Crippen LogP contribution in [0.3, 0.4) is 0 Å². The van der Waals surface area contributed by atoms with Gasteiger partial charge >= 0.3 is 347 Å². The molecule has 0 atom stereocenters. The summed E-state index contributed by atoms with van der Waals surface area (Å²) in [5, 5.41) is 0. The van der Waals surface area contributed by atoms with Crippen molar-refractivity contribution in [3.8, 4) is 45.3 Å². The fourth-order valence-corrected chi connectivity index (χ4v) is 10.4. The standard InChI is InChI=1S/C62H52BN5O.Pt/c1-61(2,3)46-39-45(40-47(41-46)62(4,5)6)53-32-21-31-52(44-23-10-7-11-24-44)60(53)66-43-65(54-33-16-17-34-55(54)66)50-29-20-30-51(42-50)69-59-38-22-37-58(64-59)68-57-36-19-18-35-56(57)67(49-27-14-9-15-28-49)63(68)48-25-12-8-13-26-48;/h7-35,37-41H,1-6H3;/q-2;/i7D,10D,11D,23D,24D;. The van der Waals surface area contributed by atoms with Crippen molar-refractivity contribution in [2.75, 3.05) is 9.62 Å². The van der Waals surface area contributed by atoms with Gasteiger partial charge in [-0.2, -0.15) is 12.1 Å². The van der Waals surface area contributed by atoms with E-state index in [2.05, 4.69) is 177 Å². The Morgan fingerprint density at radius 1 is 0.600 bits per heavy atom. The Hall–Kier alpha value is -7.47. The van der Waals surface area contributed by atoms with Crippen LogP contribution in [0.4, 0.5) is 22.9 Å². The van der Waals surface area contributed by atoms with Gasteiger partial charge in [-0.3, -0.25) is 0 Å². The van der Waals surface area contributed by atoms with E-state index >= 15 is 0 Å². The number of hydrogen-bond donors (Lipinski definition) is 0. The third-order valence-corrected chi connectivity index (χ3v) is 13.8. The zero-order chi connectivity index (χ0) is 52.5. The van der Waals surface area contributed by atoms with Crippen molar-refractivity contribution >= 4 is 46.4 Å². The number of ether oxygens (including phenoxy) is 1. The molecule has 1 aliphatic heterocycles. The van der Waals surface area contributed by atoms with Crippen LogP contribution in [0, 0.1) is 15.9 Å². The summed E-state index contributed by atoms with van der Waals surface area (Å²) in [6.45, 7) is 13.0. The quantitative estimate of drug-likeness (QED) is 0.107. The van der Waals surface area contributed by atoms with Gasteiger partial charge < -0.3 is 0 Å². The molecule has 0 spiro atoms. The third kappa shape index (κ3) is 8.32. The Kier molecular flexibility index (Phi) is 10.2. The van der Waals surface area contributed by atoms with Crippen LogP contribution in [0.1, 0.15) is 59.5 Å². The molecule has 1 aliphatic rings. The molecule has 0 aliphatic carbocycles. The molecule has 3 heterocycles. The minimum atomic E-state index is -0.441. The first-order valence-electron chi connectivity index (χ1n) is 25.9. The topological polar surface area (TPSA) is 38.5 Å². The number of fused-ring (bicyclic) bond motifs is 2. The zero-order valence-corrected chi connectivity index (χ0v) is 42.1. The number of anilines is 4. The first-order chi connectivity index (χ1) is 36.0. The SMILES string of the molecule is [2H]c1c([2H])c([2H])c(-c2cccc(-c3cc(C(C)(C)C)cc(C(C)(C)C)c3)c2-n2[c](=[Pt])n(-c3[c-]c(Oc4cccc(N5B(c6ccccc6)N(c6ccccc6)c6ccc[c-]c65)n4)ccc3)c3ccccc32)c([2H])c1[2H]. The molecule has 0 radical (unpaired) electrons. The van der Waals surface area contributed by atoms with Gasteiger partial charge in [-0.05, 0) is 12.1 Å². The van der Waals surface area contributed by atoms with E-state index in [9.17, 15) is 2.74 Å². The van der Waals surface area contributed by atoms with Gasteiger partial charge in [0, 0.05) is 5.69 Å². The van der Waals surface area contributed by atoms with Crippen LogP contribution in [0.15, 0.2) is 206 Å². The summed E-state index contributed by atoms with van der Waals surface area (Å²) in [5.74, 6) is 1.52. The molecular weight excluding hydrogens is 1040 g/mol. The number of aromatic nitrogens is 3. The molecule has 8 heteroatoms. The molecule has 2 aromatic heterocycles. The summed E-state index contributed by atoms with van der Waals surface area (Å²) < 4.78 is 56.3. The average Bonchev–Trinajstić information content (AvgIpc) is 3.98. The molecule has 11 rings (SSSR count). The first kappa shape index (κ1) is 39.4. The number of pyridine rings is 1. The molecule has 0 unspecified atom stereocenters. The minimum absolute atomic E-state index is 0.121. The van der Waals surface area contributed by atoms with Crippen LogP contribution in [0.5, 0.6) is 11.6 Å². The number of para-hydroxylation sites is 5. The van der Waals surface area contributed by atoms with Gasteiger partial charge in [0.1, 0.15) is 0 Å². The van der Waals surface area contributed by atoms with E-state index in [1.807, 2.05) is 91.0 Å². The van der Waals surface area contributed by atoms with E-state index in [1.54, 1.807) is 0 Å². The first-order valence-corrected chi connectivity index (χ1v) is 24.5. The Morgan fingerprint density at radius 2 is 1.23 bits per heavy atom. The normalized spacial score (nSPS) is 13.7. The summed E-state index contributed by atoms with van der Waals surface area (Å²) in [6.07, 6.45) is 0. The fraction of sp³-hybridized carbons (Fsp3) is 0.129. The molecule has 0 bridgehead atoms. The summed E-state index contributed by atoms with van der Waals surface area (Å²) in [4.78, 5) is 9.70. The molecule has 70 heavy (non-hydrogen) atoms. The van der Waals surface area contributed by atoms with Gasteiger partial charge in [0.2, 0.25) is 0 Å². The van der Waals surface area contributed by atoms with Crippen molar-refractivity contribution in [2.45, 2.75) is 52.4 Å². The molecule has 0 fully saturated rings. The fourth-order valence-electron chi connectivity index (χ4n) is 9.35. The van der Waals surface area contributed by atoms with E-state index < -0.39 is 18.1 Å². The number of benzene rings is 8. The van der Waals surface area contributed by atoms with E-state index in [-0.39, 0.29) is 35.5 Å². The Morgan fingerprint density at radius 3 is 1.93 bits per heavy atom. The van der Waals surface area contributed by atoms with Crippen molar-refractivity contribution in [3.05, 3.63) is 233 Å². The van der Waals surface area contributed by atoms with Crippen molar-refractivity contribution in [1.29, 1.82) is 0 Å². The maximum atomic E-state index is 9.28. The number of nitrogens with zero attached hydrogens (tertiary/aromatic N) is 5. The maximum absolute atomic E-state index is 9.28. The van der Waals surface area contributed by atoms with Crippen LogP contribution < -0.4 is 19.8 Å². The Balaban J connectivity index is 1.06. The predicted molar refractivity (Wildman–Crippen MR) is 285 cm³/mol. The van der Waals surface area contributed by atoms with E-state index in [4.69, 9.17) is 13.8 Å². The summed E-state index contributed by atoms with van der Waals surface area (Å²) in [5.41, 5.74) is 11.4. The molecule has 0 N–H and O–H groups in total. The number of imidazole rings is 1. The summed E-state index contributed by atoms with van der Waals surface area (Å²) >= 11 is 2.34. The van der Waals surface area contributed by atoms with Crippen LogP contribution in [0.25, 0.3) is 44.7 Å². The second-order valence-electron chi connectivity index (χ2n) is 19.5. The molecule has 0 amide bonds. The molecular formula is C62H52BN5OPt-2. The van der Waals surface area contributed by atoms with E-state index in [0.29, 0.717) is 34.4 Å². The Bertz CT molecular complexity index is 3850. The predicted octanol–water partition coefficient (Wildman–Crippen LogP) is 14.9. The monoisotopic (exact) mass is 1090 g/mol. The van der Waals surface area contributed by atoms with Gasteiger partial charge in [0.05, 0.1) is 0 Å². The van der Waals surface area contributed by atoms with Crippen molar-refractivity contribution < 1.29 is 30.9 Å². The van der Waals surface area contributed by atoms with Crippen LogP contribution in [-0.2, 0) is 30.2 Å². The zero-order valence-electron chi connectivity index (χ0n) is 44.8. The van der Waals surface area contributed by atoms with Crippen LogP contribution in [0.2, 0.25) is 0 Å². The Labute approximate surface area is 429 Å². The molecule has 10 aromatic rings. The van der Waals surface area contributed by atoms with Gasteiger partial charge in [0.25, 0.3) is 0 Å². The summed E-state index contributed by atoms with van der Waals surface area (Å²) in [7, 11) is 0. The molecule has 0 saturated heterocycles. The van der Waals surface area contributed by atoms with Crippen molar-refractivity contribution in [2.24, 2.45) is 0 Å². The van der Waals surface area contributed by atoms with Gasteiger partial charge in [-0.15, -0.1) is 6.07 Å². The van der Waals surface area contributed by atoms with Crippen LogP contribution in [-0.4, -0.2) is 21.1 Å². The summed E-state index contributed by atoms with van der Waals surface area (Å²) in [6, 6.07) is 64.5.